The van der Waals surface area contributed by atoms with Crippen molar-refractivity contribution in [2.75, 3.05) is 13.2 Å². The fraction of sp³-hybridized carbons (Fsp3) is 0.588. The van der Waals surface area contributed by atoms with Crippen LogP contribution in [0.5, 0.6) is 0 Å². The number of rotatable bonds is 8. The molecule has 0 bridgehead atoms. The number of carbonyl (C=O) groups is 1. The lowest BCUT2D eigenvalue weighted by Gasteiger charge is -2.15. The number of aliphatic hydroxyl groups is 1. The van der Waals surface area contributed by atoms with Gasteiger partial charge < -0.3 is 10.4 Å². The number of carbonyl (C=O) groups excluding carboxylic acids is 1. The van der Waals surface area contributed by atoms with Crippen LogP contribution >= 0.6 is 0 Å². The first kappa shape index (κ1) is 15.0. The molecular formula is C17H25NO2. The van der Waals surface area contributed by atoms with Gasteiger partial charge in [0, 0.05) is 19.1 Å². The summed E-state index contributed by atoms with van der Waals surface area (Å²) >= 11 is 0. The van der Waals surface area contributed by atoms with E-state index in [9.17, 15) is 4.79 Å². The van der Waals surface area contributed by atoms with Gasteiger partial charge in [-0.15, -0.1) is 0 Å². The van der Waals surface area contributed by atoms with Crippen LogP contribution in [-0.2, 0) is 4.79 Å². The molecule has 2 rings (SSSR count). The summed E-state index contributed by atoms with van der Waals surface area (Å²) in [4.78, 5) is 12.1. The highest BCUT2D eigenvalue weighted by molar-refractivity contribution is 5.82. The maximum absolute atomic E-state index is 12.1. The molecule has 3 atom stereocenters. The number of hydrogen-bond acceptors (Lipinski definition) is 2. The fourth-order valence-electron chi connectivity index (χ4n) is 2.87. The molecule has 0 spiro atoms. The standard InChI is InChI=1S/C17H25NO2/c1-2-6-13(9-10-19)12-18-17(20)16-11-15(16)14-7-4-3-5-8-14/h3-5,7-8,13,15-16,19H,2,6,9-12H2,1H3,(H,18,20). The second-order valence-electron chi connectivity index (χ2n) is 5.77. The first-order valence-electron chi connectivity index (χ1n) is 7.69. The maximum Gasteiger partial charge on any atom is 0.223 e. The van der Waals surface area contributed by atoms with Crippen molar-refractivity contribution in [2.24, 2.45) is 11.8 Å². The first-order chi connectivity index (χ1) is 9.76. The minimum Gasteiger partial charge on any atom is -0.396 e. The van der Waals surface area contributed by atoms with Gasteiger partial charge in [-0.1, -0.05) is 43.7 Å². The van der Waals surface area contributed by atoms with E-state index in [4.69, 9.17) is 5.11 Å². The van der Waals surface area contributed by atoms with Gasteiger partial charge in [0.05, 0.1) is 0 Å². The Bertz CT molecular complexity index is 412. The normalized spacial score (nSPS) is 22.3. The van der Waals surface area contributed by atoms with Crippen molar-refractivity contribution in [3.8, 4) is 0 Å². The summed E-state index contributed by atoms with van der Waals surface area (Å²) in [6.07, 6.45) is 3.90. The molecule has 20 heavy (non-hydrogen) atoms. The topological polar surface area (TPSA) is 49.3 Å². The van der Waals surface area contributed by atoms with Crippen LogP contribution in [0.2, 0.25) is 0 Å². The fourth-order valence-corrected chi connectivity index (χ4v) is 2.87. The van der Waals surface area contributed by atoms with E-state index in [1.807, 2.05) is 18.2 Å². The van der Waals surface area contributed by atoms with Crippen molar-refractivity contribution in [3.63, 3.8) is 0 Å². The zero-order valence-electron chi connectivity index (χ0n) is 12.2. The summed E-state index contributed by atoms with van der Waals surface area (Å²) in [6.45, 7) is 3.04. The molecule has 1 aromatic carbocycles. The summed E-state index contributed by atoms with van der Waals surface area (Å²) in [7, 11) is 0. The highest BCUT2D eigenvalue weighted by atomic mass is 16.3. The number of nitrogens with one attached hydrogen (secondary N) is 1. The Labute approximate surface area is 121 Å². The molecule has 3 heteroatoms. The molecule has 3 unspecified atom stereocenters. The van der Waals surface area contributed by atoms with Gasteiger partial charge in [-0.2, -0.15) is 0 Å². The lowest BCUT2D eigenvalue weighted by molar-refractivity contribution is -0.122. The predicted octanol–water partition coefficient (Wildman–Crippen LogP) is 2.71. The van der Waals surface area contributed by atoms with Crippen LogP contribution in [0.3, 0.4) is 0 Å². The smallest absolute Gasteiger partial charge is 0.223 e. The largest absolute Gasteiger partial charge is 0.396 e. The van der Waals surface area contributed by atoms with E-state index in [2.05, 4.69) is 24.4 Å². The van der Waals surface area contributed by atoms with Crippen molar-refractivity contribution in [1.29, 1.82) is 0 Å². The van der Waals surface area contributed by atoms with E-state index in [-0.39, 0.29) is 18.4 Å². The quantitative estimate of drug-likeness (QED) is 0.766. The maximum atomic E-state index is 12.1. The summed E-state index contributed by atoms with van der Waals surface area (Å²) in [5.41, 5.74) is 1.27. The summed E-state index contributed by atoms with van der Waals surface area (Å²) < 4.78 is 0. The Morgan fingerprint density at radius 3 is 2.75 bits per heavy atom. The van der Waals surface area contributed by atoms with Gasteiger partial charge in [0.25, 0.3) is 0 Å². The van der Waals surface area contributed by atoms with E-state index in [1.54, 1.807) is 0 Å². The third kappa shape index (κ3) is 4.07. The van der Waals surface area contributed by atoms with Crippen molar-refractivity contribution < 1.29 is 9.90 Å². The average molecular weight is 275 g/mol. The predicted molar refractivity (Wildman–Crippen MR) is 80.4 cm³/mol. The molecule has 1 fully saturated rings. The Morgan fingerprint density at radius 1 is 1.35 bits per heavy atom. The Balaban J connectivity index is 1.76. The molecule has 1 aromatic rings. The Morgan fingerprint density at radius 2 is 2.10 bits per heavy atom. The second kappa shape index (κ2) is 7.44. The van der Waals surface area contributed by atoms with Crippen molar-refractivity contribution in [1.82, 2.24) is 5.32 Å². The summed E-state index contributed by atoms with van der Waals surface area (Å²) in [5.74, 6) is 1.13. The van der Waals surface area contributed by atoms with E-state index in [0.29, 0.717) is 18.4 Å². The van der Waals surface area contributed by atoms with Gasteiger partial charge in [-0.3, -0.25) is 4.79 Å². The molecule has 0 heterocycles. The van der Waals surface area contributed by atoms with E-state index < -0.39 is 0 Å². The highest BCUT2D eigenvalue weighted by Gasteiger charge is 2.43. The zero-order valence-corrected chi connectivity index (χ0v) is 12.2. The van der Waals surface area contributed by atoms with Gasteiger partial charge in [-0.25, -0.2) is 0 Å². The summed E-state index contributed by atoms with van der Waals surface area (Å²) in [5, 5.41) is 12.1. The minimum absolute atomic E-state index is 0.147. The van der Waals surface area contributed by atoms with Crippen LogP contribution in [0.1, 0.15) is 44.1 Å². The first-order valence-corrected chi connectivity index (χ1v) is 7.69. The second-order valence-corrected chi connectivity index (χ2v) is 5.77. The Kier molecular flexibility index (Phi) is 5.60. The van der Waals surface area contributed by atoms with Crippen molar-refractivity contribution in [2.45, 2.75) is 38.5 Å². The molecule has 1 amide bonds. The summed E-state index contributed by atoms with van der Waals surface area (Å²) in [6, 6.07) is 10.3. The molecule has 0 saturated heterocycles. The van der Waals surface area contributed by atoms with Crippen LogP contribution in [-0.4, -0.2) is 24.2 Å². The molecule has 0 aliphatic heterocycles. The average Bonchev–Trinajstić information content (AvgIpc) is 3.26. The van der Waals surface area contributed by atoms with Gasteiger partial charge >= 0.3 is 0 Å². The number of aliphatic hydroxyl groups excluding tert-OH is 1. The van der Waals surface area contributed by atoms with Gasteiger partial charge in [0.15, 0.2) is 0 Å². The molecule has 2 N–H and O–H groups in total. The molecule has 3 nitrogen and oxygen atoms in total. The van der Waals surface area contributed by atoms with Gasteiger partial charge in [0.2, 0.25) is 5.91 Å². The van der Waals surface area contributed by atoms with Gasteiger partial charge in [-0.05, 0) is 36.7 Å². The van der Waals surface area contributed by atoms with Crippen LogP contribution in [0.25, 0.3) is 0 Å². The molecule has 1 saturated carbocycles. The SMILES string of the molecule is CCCC(CCO)CNC(=O)C1CC1c1ccccc1. The van der Waals surface area contributed by atoms with Gasteiger partial charge in [0.1, 0.15) is 0 Å². The third-order valence-corrected chi connectivity index (χ3v) is 4.15. The molecular weight excluding hydrogens is 250 g/mol. The van der Waals surface area contributed by atoms with Crippen LogP contribution in [0.4, 0.5) is 0 Å². The van der Waals surface area contributed by atoms with E-state index >= 15 is 0 Å². The van der Waals surface area contributed by atoms with Crippen molar-refractivity contribution >= 4 is 5.91 Å². The molecule has 0 aromatic heterocycles. The minimum atomic E-state index is 0.147. The van der Waals surface area contributed by atoms with E-state index in [1.165, 1.54) is 5.56 Å². The number of amides is 1. The third-order valence-electron chi connectivity index (χ3n) is 4.15. The lowest BCUT2D eigenvalue weighted by atomic mass is 10.00. The zero-order chi connectivity index (χ0) is 14.4. The monoisotopic (exact) mass is 275 g/mol. The van der Waals surface area contributed by atoms with E-state index in [0.717, 1.165) is 25.7 Å². The molecule has 1 aliphatic carbocycles. The highest BCUT2D eigenvalue weighted by Crippen LogP contribution is 2.47. The molecule has 0 radical (unpaired) electrons. The number of hydrogen-bond donors (Lipinski definition) is 2. The molecule has 1 aliphatic rings. The van der Waals surface area contributed by atoms with Crippen LogP contribution in [0.15, 0.2) is 30.3 Å². The van der Waals surface area contributed by atoms with Crippen molar-refractivity contribution in [3.05, 3.63) is 35.9 Å². The van der Waals surface area contributed by atoms with Crippen LogP contribution < -0.4 is 5.32 Å². The number of benzene rings is 1. The lowest BCUT2D eigenvalue weighted by Crippen LogP contribution is -2.31. The van der Waals surface area contributed by atoms with Crippen LogP contribution in [0, 0.1) is 11.8 Å². The Hall–Kier alpha value is -1.35. The molecule has 110 valence electrons.